The summed E-state index contributed by atoms with van der Waals surface area (Å²) >= 11 is 0. The van der Waals surface area contributed by atoms with Gasteiger partial charge in [-0.25, -0.2) is 4.98 Å². The van der Waals surface area contributed by atoms with Crippen molar-refractivity contribution in [2.75, 3.05) is 27.2 Å². The molecule has 0 spiro atoms. The molecule has 5 nitrogen and oxygen atoms in total. The van der Waals surface area contributed by atoms with Crippen molar-refractivity contribution in [2.24, 2.45) is 0 Å². The average molecular weight is 454 g/mol. The Balaban J connectivity index is 1.64. The van der Waals surface area contributed by atoms with Gasteiger partial charge in [0.15, 0.2) is 0 Å². The zero-order valence-corrected chi connectivity index (χ0v) is 20.1. The van der Waals surface area contributed by atoms with Gasteiger partial charge in [-0.15, -0.1) is 0 Å². The minimum Gasteiger partial charge on any atom is -0.456 e. The van der Waals surface area contributed by atoms with Gasteiger partial charge in [0.05, 0.1) is 11.7 Å². The van der Waals surface area contributed by atoms with Gasteiger partial charge < -0.3 is 18.9 Å². The van der Waals surface area contributed by atoms with Gasteiger partial charge in [-0.2, -0.15) is 0 Å². The Bertz CT molecular complexity index is 1260. The van der Waals surface area contributed by atoms with Gasteiger partial charge in [-0.05, 0) is 63.8 Å². The maximum Gasteiger partial charge on any atom is 0.136 e. The first-order chi connectivity index (χ1) is 16.6. The summed E-state index contributed by atoms with van der Waals surface area (Å²) in [5, 5.41) is 0. The Labute approximate surface area is 201 Å². The van der Waals surface area contributed by atoms with E-state index in [2.05, 4.69) is 79.0 Å². The SMILES string of the molecule is CC(c1ccccc1)n1c(COCCCN(C)C)nc2c1-c1ccccc1Oc1ccccc1-2. The molecule has 1 aromatic heterocycles. The summed E-state index contributed by atoms with van der Waals surface area (Å²) in [5.74, 6) is 2.59. The molecule has 0 saturated heterocycles. The molecule has 5 rings (SSSR count). The number of para-hydroxylation sites is 2. The molecule has 0 saturated carbocycles. The van der Waals surface area contributed by atoms with Crippen LogP contribution in [0.2, 0.25) is 0 Å². The minimum absolute atomic E-state index is 0.0798. The first kappa shape index (κ1) is 22.4. The molecule has 3 aromatic carbocycles. The number of aromatic nitrogens is 2. The number of imidazole rings is 1. The maximum absolute atomic E-state index is 6.37. The molecule has 1 unspecified atom stereocenters. The Morgan fingerprint density at radius 3 is 2.26 bits per heavy atom. The second-order valence-electron chi connectivity index (χ2n) is 8.99. The van der Waals surface area contributed by atoms with E-state index < -0.39 is 0 Å². The summed E-state index contributed by atoms with van der Waals surface area (Å²) in [5.41, 5.74) is 5.29. The lowest BCUT2D eigenvalue weighted by Crippen LogP contribution is -2.16. The van der Waals surface area contributed by atoms with E-state index in [0.717, 1.165) is 52.8 Å². The second kappa shape index (κ2) is 9.84. The van der Waals surface area contributed by atoms with Gasteiger partial charge in [0.1, 0.15) is 29.6 Å². The summed E-state index contributed by atoms with van der Waals surface area (Å²) in [6, 6.07) is 27.0. The fourth-order valence-electron chi connectivity index (χ4n) is 4.59. The van der Waals surface area contributed by atoms with E-state index in [1.807, 2.05) is 30.3 Å². The Morgan fingerprint density at radius 2 is 1.53 bits per heavy atom. The van der Waals surface area contributed by atoms with Crippen LogP contribution in [0.1, 0.15) is 30.8 Å². The molecular formula is C29H31N3O2. The van der Waals surface area contributed by atoms with Gasteiger partial charge in [0, 0.05) is 17.7 Å². The molecule has 0 amide bonds. The van der Waals surface area contributed by atoms with Crippen LogP contribution in [-0.2, 0) is 11.3 Å². The fraction of sp³-hybridized carbons (Fsp3) is 0.276. The minimum atomic E-state index is 0.0798. The van der Waals surface area contributed by atoms with Gasteiger partial charge in [-0.1, -0.05) is 54.6 Å². The standard InChI is InChI=1S/C29H31N3O2/c1-21(22-12-5-4-6-13-22)32-27(20-33-19-11-18-31(2)3)30-28-23-14-7-9-16-25(23)34-26-17-10-8-15-24(26)29(28)32/h4-10,12-17,21H,11,18-20H2,1-3H3. The number of fused-ring (bicyclic) bond motifs is 5. The van der Waals surface area contributed by atoms with Crippen molar-refractivity contribution in [2.45, 2.75) is 26.0 Å². The lowest BCUT2D eigenvalue weighted by atomic mass is 10.0. The van der Waals surface area contributed by atoms with Gasteiger partial charge in [-0.3, -0.25) is 0 Å². The number of hydrogen-bond donors (Lipinski definition) is 0. The van der Waals surface area contributed by atoms with Gasteiger partial charge in [0.25, 0.3) is 0 Å². The predicted molar refractivity (Wildman–Crippen MR) is 136 cm³/mol. The van der Waals surface area contributed by atoms with E-state index >= 15 is 0 Å². The molecule has 0 bridgehead atoms. The highest BCUT2D eigenvalue weighted by Gasteiger charge is 2.29. The van der Waals surface area contributed by atoms with Crippen LogP contribution in [0, 0.1) is 0 Å². The zero-order valence-electron chi connectivity index (χ0n) is 20.1. The van der Waals surface area contributed by atoms with E-state index in [1.165, 1.54) is 5.56 Å². The summed E-state index contributed by atoms with van der Waals surface area (Å²) < 4.78 is 14.8. The van der Waals surface area contributed by atoms with Crippen LogP contribution in [0.25, 0.3) is 22.5 Å². The average Bonchev–Trinajstić information content (AvgIpc) is 3.17. The molecular weight excluding hydrogens is 422 g/mol. The molecule has 34 heavy (non-hydrogen) atoms. The Morgan fingerprint density at radius 1 is 0.882 bits per heavy atom. The highest BCUT2D eigenvalue weighted by molar-refractivity contribution is 5.87. The molecule has 0 N–H and O–H groups in total. The van der Waals surface area contributed by atoms with E-state index in [1.54, 1.807) is 0 Å². The molecule has 4 aromatic rings. The number of nitrogens with zero attached hydrogens (tertiary/aromatic N) is 3. The van der Waals surface area contributed by atoms with Crippen LogP contribution in [0.15, 0.2) is 78.9 Å². The van der Waals surface area contributed by atoms with Gasteiger partial charge in [0.2, 0.25) is 0 Å². The molecule has 0 fully saturated rings. The van der Waals surface area contributed by atoms with Crippen LogP contribution in [0.4, 0.5) is 0 Å². The largest absolute Gasteiger partial charge is 0.456 e. The lowest BCUT2D eigenvalue weighted by Gasteiger charge is -2.21. The zero-order chi connectivity index (χ0) is 23.5. The van der Waals surface area contributed by atoms with E-state index in [0.29, 0.717) is 13.2 Å². The highest BCUT2D eigenvalue weighted by atomic mass is 16.5. The van der Waals surface area contributed by atoms with Crippen LogP contribution in [0.3, 0.4) is 0 Å². The predicted octanol–water partition coefficient (Wildman–Crippen LogP) is 6.40. The molecule has 174 valence electrons. The molecule has 1 aliphatic heterocycles. The monoisotopic (exact) mass is 453 g/mol. The quantitative estimate of drug-likeness (QED) is 0.255. The molecule has 0 radical (unpaired) electrons. The number of ether oxygens (including phenoxy) is 2. The number of rotatable bonds is 8. The van der Waals surface area contributed by atoms with Crippen LogP contribution in [0.5, 0.6) is 11.5 Å². The van der Waals surface area contributed by atoms with Crippen molar-refractivity contribution in [3.05, 3.63) is 90.3 Å². The summed E-state index contributed by atoms with van der Waals surface area (Å²) in [7, 11) is 4.17. The molecule has 0 aliphatic carbocycles. The van der Waals surface area contributed by atoms with E-state index in [9.17, 15) is 0 Å². The smallest absolute Gasteiger partial charge is 0.136 e. The van der Waals surface area contributed by atoms with Gasteiger partial charge >= 0.3 is 0 Å². The first-order valence-electron chi connectivity index (χ1n) is 11.9. The lowest BCUT2D eigenvalue weighted by molar-refractivity contribution is 0.105. The maximum atomic E-state index is 6.37. The molecule has 2 heterocycles. The summed E-state index contributed by atoms with van der Waals surface area (Å²) in [4.78, 5) is 7.36. The number of benzene rings is 3. The Kier molecular flexibility index (Phi) is 6.48. The third kappa shape index (κ3) is 4.37. The Hall–Kier alpha value is -3.41. The molecule has 1 aliphatic rings. The number of hydrogen-bond acceptors (Lipinski definition) is 4. The van der Waals surface area contributed by atoms with Crippen molar-refractivity contribution in [3.8, 4) is 34.0 Å². The third-order valence-electron chi connectivity index (χ3n) is 6.28. The summed E-state index contributed by atoms with van der Waals surface area (Å²) in [6.45, 7) is 4.39. The van der Waals surface area contributed by atoms with Crippen molar-refractivity contribution >= 4 is 0 Å². The van der Waals surface area contributed by atoms with E-state index in [-0.39, 0.29) is 6.04 Å². The van der Waals surface area contributed by atoms with Crippen LogP contribution < -0.4 is 4.74 Å². The topological polar surface area (TPSA) is 39.5 Å². The van der Waals surface area contributed by atoms with Crippen molar-refractivity contribution in [3.63, 3.8) is 0 Å². The van der Waals surface area contributed by atoms with Crippen molar-refractivity contribution in [1.82, 2.24) is 14.5 Å². The van der Waals surface area contributed by atoms with E-state index in [4.69, 9.17) is 14.5 Å². The molecule has 5 heteroatoms. The normalized spacial score (nSPS) is 12.9. The first-order valence-corrected chi connectivity index (χ1v) is 11.9. The fourth-order valence-corrected chi connectivity index (χ4v) is 4.59. The summed E-state index contributed by atoms with van der Waals surface area (Å²) in [6.07, 6.45) is 0.987. The van der Waals surface area contributed by atoms with Crippen molar-refractivity contribution < 1.29 is 9.47 Å². The van der Waals surface area contributed by atoms with Crippen LogP contribution in [-0.4, -0.2) is 41.7 Å². The second-order valence-corrected chi connectivity index (χ2v) is 8.99. The third-order valence-corrected chi connectivity index (χ3v) is 6.28. The molecule has 1 atom stereocenters. The van der Waals surface area contributed by atoms with Crippen LogP contribution >= 0.6 is 0 Å². The van der Waals surface area contributed by atoms with Crippen molar-refractivity contribution in [1.29, 1.82) is 0 Å². The highest BCUT2D eigenvalue weighted by Crippen LogP contribution is 2.47.